The van der Waals surface area contributed by atoms with Crippen LogP contribution in [0.1, 0.15) is 43.2 Å². The molecule has 0 atom stereocenters. The van der Waals surface area contributed by atoms with Crippen molar-refractivity contribution < 1.29 is 0 Å². The van der Waals surface area contributed by atoms with Crippen LogP contribution in [0.3, 0.4) is 0 Å². The first-order chi connectivity index (χ1) is 9.63. The Balaban J connectivity index is 1.96. The van der Waals surface area contributed by atoms with Crippen molar-refractivity contribution in [3.63, 3.8) is 0 Å². The molecule has 20 heavy (non-hydrogen) atoms. The van der Waals surface area contributed by atoms with E-state index in [1.165, 1.54) is 48.7 Å². The Hall–Kier alpha value is -0.830. The van der Waals surface area contributed by atoms with Gasteiger partial charge >= 0.3 is 0 Å². The summed E-state index contributed by atoms with van der Waals surface area (Å²) in [7, 11) is 0. The zero-order chi connectivity index (χ0) is 14.2. The number of alkyl halides is 1. The molecule has 0 spiro atoms. The quantitative estimate of drug-likeness (QED) is 0.722. The maximum absolute atomic E-state index is 4.60. The van der Waals surface area contributed by atoms with Gasteiger partial charge in [0, 0.05) is 11.9 Å². The molecule has 0 saturated heterocycles. The van der Waals surface area contributed by atoms with Crippen molar-refractivity contribution in [1.82, 2.24) is 9.55 Å². The molecule has 1 aliphatic carbocycles. The predicted molar refractivity (Wildman–Crippen MR) is 88.5 cm³/mol. The minimum Gasteiger partial charge on any atom is -0.330 e. The van der Waals surface area contributed by atoms with Gasteiger partial charge in [-0.15, -0.1) is 0 Å². The second-order valence-corrected chi connectivity index (χ2v) is 7.05. The lowest BCUT2D eigenvalue weighted by atomic mass is 9.75. The van der Waals surface area contributed by atoms with Gasteiger partial charge in [-0.25, -0.2) is 4.98 Å². The molecule has 2 nitrogen and oxygen atoms in total. The highest BCUT2D eigenvalue weighted by atomic mass is 79.9. The van der Waals surface area contributed by atoms with Crippen molar-refractivity contribution in [2.45, 2.75) is 52.5 Å². The van der Waals surface area contributed by atoms with Gasteiger partial charge in [-0.2, -0.15) is 0 Å². The third-order valence-corrected chi connectivity index (χ3v) is 6.13. The molecule has 3 rings (SSSR count). The highest BCUT2D eigenvalue weighted by Crippen LogP contribution is 2.40. The molecular formula is C17H23BrN2. The number of imidazole rings is 1. The Bertz CT molecular complexity index is 609. The molecule has 3 heteroatoms. The first-order valence-corrected chi connectivity index (χ1v) is 8.74. The normalized spacial score (nSPS) is 18.6. The summed E-state index contributed by atoms with van der Waals surface area (Å²) in [5, 5.41) is 1.10. The smallest absolute Gasteiger partial charge is 0.0958 e. The van der Waals surface area contributed by atoms with Crippen LogP contribution in [-0.2, 0) is 6.54 Å². The molecule has 1 aliphatic rings. The molecule has 0 N–H and O–H groups in total. The molecule has 1 aromatic heterocycles. The van der Waals surface area contributed by atoms with Crippen molar-refractivity contribution in [3.8, 4) is 0 Å². The average Bonchev–Trinajstić information content (AvgIpc) is 2.83. The fraction of sp³-hybridized carbons (Fsp3) is 0.588. The molecular weight excluding hydrogens is 312 g/mol. The van der Waals surface area contributed by atoms with Gasteiger partial charge in [-0.05, 0) is 55.4 Å². The van der Waals surface area contributed by atoms with E-state index in [4.69, 9.17) is 0 Å². The molecule has 2 aromatic rings. The number of hydrogen-bond donors (Lipinski definition) is 0. The number of halogens is 1. The Morgan fingerprint density at radius 3 is 2.55 bits per heavy atom. The van der Waals surface area contributed by atoms with Crippen LogP contribution in [0.15, 0.2) is 18.5 Å². The highest BCUT2D eigenvalue weighted by Gasteiger charge is 2.31. The van der Waals surface area contributed by atoms with Crippen LogP contribution in [0.5, 0.6) is 0 Å². The summed E-state index contributed by atoms with van der Waals surface area (Å²) in [6.07, 6.45) is 8.85. The Morgan fingerprint density at radius 1 is 1.15 bits per heavy atom. The molecule has 1 fully saturated rings. The van der Waals surface area contributed by atoms with Gasteiger partial charge in [0.1, 0.15) is 0 Å². The molecule has 1 heterocycles. The van der Waals surface area contributed by atoms with Gasteiger partial charge in [-0.1, -0.05) is 35.2 Å². The molecule has 0 amide bonds. The van der Waals surface area contributed by atoms with Crippen LogP contribution < -0.4 is 0 Å². The van der Waals surface area contributed by atoms with Gasteiger partial charge < -0.3 is 4.57 Å². The predicted octanol–water partition coefficient (Wildman–Crippen LogP) is 5.00. The summed E-state index contributed by atoms with van der Waals surface area (Å²) < 4.78 is 2.37. The minimum atomic E-state index is 0.421. The van der Waals surface area contributed by atoms with Crippen molar-refractivity contribution in [2.24, 2.45) is 5.41 Å². The number of benzene rings is 1. The third-order valence-electron chi connectivity index (χ3n) is 4.94. The number of hydrogen-bond acceptors (Lipinski definition) is 1. The van der Waals surface area contributed by atoms with E-state index in [1.54, 1.807) is 0 Å². The van der Waals surface area contributed by atoms with Crippen molar-refractivity contribution in [1.29, 1.82) is 0 Å². The Kier molecular flexibility index (Phi) is 3.89. The molecule has 108 valence electrons. The van der Waals surface area contributed by atoms with Gasteiger partial charge in [0.15, 0.2) is 0 Å². The van der Waals surface area contributed by atoms with Crippen molar-refractivity contribution >= 4 is 27.0 Å². The minimum absolute atomic E-state index is 0.421. The Labute approximate surface area is 129 Å². The summed E-state index contributed by atoms with van der Waals surface area (Å²) in [5.74, 6) is 0. The fourth-order valence-corrected chi connectivity index (χ4v) is 4.17. The monoisotopic (exact) mass is 334 g/mol. The lowest BCUT2D eigenvalue weighted by Crippen LogP contribution is -2.30. The lowest BCUT2D eigenvalue weighted by molar-refractivity contribution is 0.193. The van der Waals surface area contributed by atoms with Crippen LogP contribution in [0.25, 0.3) is 11.0 Å². The zero-order valence-corrected chi connectivity index (χ0v) is 14.0. The SMILES string of the molecule is Cc1cc2ncn(CC3(CBr)CCCCC3)c2cc1C. The molecule has 0 aliphatic heterocycles. The molecule has 0 unspecified atom stereocenters. The van der Waals surface area contributed by atoms with E-state index in [1.807, 2.05) is 6.33 Å². The van der Waals surface area contributed by atoms with Gasteiger partial charge in [0.25, 0.3) is 0 Å². The summed E-state index contributed by atoms with van der Waals surface area (Å²) in [6, 6.07) is 4.51. The summed E-state index contributed by atoms with van der Waals surface area (Å²) in [6.45, 7) is 5.44. The second-order valence-electron chi connectivity index (χ2n) is 6.49. The highest BCUT2D eigenvalue weighted by molar-refractivity contribution is 9.09. The molecule has 1 saturated carbocycles. The number of aromatic nitrogens is 2. The maximum atomic E-state index is 4.60. The van der Waals surface area contributed by atoms with E-state index >= 15 is 0 Å². The topological polar surface area (TPSA) is 17.8 Å². The first kappa shape index (κ1) is 14.1. The standard InChI is InChI=1S/C17H23BrN2/c1-13-8-15-16(9-14(13)2)20(12-19-15)11-17(10-18)6-4-3-5-7-17/h8-9,12H,3-7,10-11H2,1-2H3. The van der Waals surface area contributed by atoms with Crippen LogP contribution in [-0.4, -0.2) is 14.9 Å². The number of aryl methyl sites for hydroxylation is 2. The summed E-state index contributed by atoms with van der Waals surface area (Å²) in [4.78, 5) is 4.60. The van der Waals surface area contributed by atoms with Crippen LogP contribution in [0.2, 0.25) is 0 Å². The number of rotatable bonds is 3. The number of nitrogens with zero attached hydrogens (tertiary/aromatic N) is 2. The van der Waals surface area contributed by atoms with E-state index in [9.17, 15) is 0 Å². The van der Waals surface area contributed by atoms with E-state index < -0.39 is 0 Å². The van der Waals surface area contributed by atoms with Gasteiger partial charge in [0.05, 0.1) is 17.4 Å². The maximum Gasteiger partial charge on any atom is 0.0958 e. The number of fused-ring (bicyclic) bond motifs is 1. The van der Waals surface area contributed by atoms with Crippen molar-refractivity contribution in [2.75, 3.05) is 5.33 Å². The molecule has 0 radical (unpaired) electrons. The lowest BCUT2D eigenvalue weighted by Gasteiger charge is -2.36. The van der Waals surface area contributed by atoms with E-state index in [0.29, 0.717) is 5.41 Å². The fourth-order valence-electron chi connectivity index (χ4n) is 3.44. The average molecular weight is 335 g/mol. The first-order valence-electron chi connectivity index (χ1n) is 7.62. The Morgan fingerprint density at radius 2 is 1.85 bits per heavy atom. The van der Waals surface area contributed by atoms with E-state index in [-0.39, 0.29) is 0 Å². The largest absolute Gasteiger partial charge is 0.330 e. The molecule has 1 aromatic carbocycles. The van der Waals surface area contributed by atoms with E-state index in [2.05, 4.69) is 51.5 Å². The summed E-state index contributed by atoms with van der Waals surface area (Å²) in [5.41, 5.74) is 5.53. The second kappa shape index (κ2) is 5.51. The van der Waals surface area contributed by atoms with Crippen LogP contribution >= 0.6 is 15.9 Å². The third kappa shape index (κ3) is 2.52. The summed E-state index contributed by atoms with van der Waals surface area (Å²) >= 11 is 3.77. The van der Waals surface area contributed by atoms with Gasteiger partial charge in [-0.3, -0.25) is 0 Å². The van der Waals surface area contributed by atoms with E-state index in [0.717, 1.165) is 17.4 Å². The molecule has 0 bridgehead atoms. The van der Waals surface area contributed by atoms with Crippen LogP contribution in [0.4, 0.5) is 0 Å². The van der Waals surface area contributed by atoms with Crippen LogP contribution in [0, 0.1) is 19.3 Å². The van der Waals surface area contributed by atoms with Crippen molar-refractivity contribution in [3.05, 3.63) is 29.6 Å². The van der Waals surface area contributed by atoms with Gasteiger partial charge in [0.2, 0.25) is 0 Å². The zero-order valence-electron chi connectivity index (χ0n) is 12.5.